The lowest BCUT2D eigenvalue weighted by atomic mass is 10.1. The first-order valence-electron chi connectivity index (χ1n) is 8.54. The summed E-state index contributed by atoms with van der Waals surface area (Å²) in [5.41, 5.74) is 8.25. The average Bonchev–Trinajstić information content (AvgIpc) is 2.95. The number of carbonyl (C=O) groups is 2. The molecule has 0 saturated carbocycles. The molecule has 0 saturated heterocycles. The quantitative estimate of drug-likeness (QED) is 0.782. The summed E-state index contributed by atoms with van der Waals surface area (Å²) in [6, 6.07) is 5.96. The van der Waals surface area contributed by atoms with Crippen molar-refractivity contribution in [3.63, 3.8) is 0 Å². The Hall–Kier alpha value is -2.87. The van der Waals surface area contributed by atoms with Gasteiger partial charge >= 0.3 is 6.09 Å². The summed E-state index contributed by atoms with van der Waals surface area (Å²) >= 11 is 1.35. The van der Waals surface area contributed by atoms with Gasteiger partial charge in [-0.25, -0.2) is 9.18 Å². The van der Waals surface area contributed by atoms with Gasteiger partial charge in [-0.15, -0.1) is 11.3 Å². The predicted octanol–water partition coefficient (Wildman–Crippen LogP) is 3.64. The third-order valence-electron chi connectivity index (χ3n) is 4.14. The molecule has 0 spiro atoms. The molecule has 1 aliphatic rings. The van der Waals surface area contributed by atoms with Crippen molar-refractivity contribution in [2.24, 2.45) is 0 Å². The first kappa shape index (κ1) is 18.9. The van der Waals surface area contributed by atoms with Crippen LogP contribution in [0.2, 0.25) is 0 Å². The zero-order chi connectivity index (χ0) is 19.4. The molecule has 0 atom stereocenters. The summed E-state index contributed by atoms with van der Waals surface area (Å²) in [5, 5.41) is 3.32. The van der Waals surface area contributed by atoms with Crippen LogP contribution in [0.4, 0.5) is 19.9 Å². The highest BCUT2D eigenvalue weighted by atomic mass is 32.1. The maximum absolute atomic E-state index is 13.2. The Labute approximate surface area is 160 Å². The largest absolute Gasteiger partial charge is 0.450 e. The Balaban J connectivity index is 1.68. The highest BCUT2D eigenvalue weighted by Crippen LogP contribution is 2.39. The van der Waals surface area contributed by atoms with E-state index in [1.165, 1.54) is 35.6 Å². The zero-order valence-corrected chi connectivity index (χ0v) is 15.6. The fourth-order valence-corrected chi connectivity index (χ4v) is 4.01. The summed E-state index contributed by atoms with van der Waals surface area (Å²) in [5.74, 6) is -0.717. The first-order valence-corrected chi connectivity index (χ1v) is 9.36. The van der Waals surface area contributed by atoms with E-state index >= 15 is 0 Å². The molecular formula is C19H20FN3O3S. The monoisotopic (exact) mass is 389 g/mol. The van der Waals surface area contributed by atoms with Crippen LogP contribution in [0, 0.1) is 5.82 Å². The number of carbonyl (C=O) groups excluding carboxylic acids is 2. The average molecular weight is 389 g/mol. The van der Waals surface area contributed by atoms with Crippen LogP contribution in [-0.2, 0) is 22.5 Å². The van der Waals surface area contributed by atoms with E-state index in [1.54, 1.807) is 24.0 Å². The molecule has 1 aromatic heterocycles. The van der Waals surface area contributed by atoms with Gasteiger partial charge in [-0.1, -0.05) is 12.1 Å². The fraction of sp³-hybridized carbons (Fsp3) is 0.263. The van der Waals surface area contributed by atoms with Crippen LogP contribution in [0.1, 0.15) is 22.9 Å². The lowest BCUT2D eigenvalue weighted by Gasteiger charge is -2.26. The Morgan fingerprint density at radius 2 is 2.26 bits per heavy atom. The van der Waals surface area contributed by atoms with Crippen LogP contribution < -0.4 is 11.1 Å². The molecule has 8 heteroatoms. The van der Waals surface area contributed by atoms with E-state index in [0.717, 1.165) is 10.4 Å². The van der Waals surface area contributed by atoms with Crippen molar-refractivity contribution in [1.82, 2.24) is 4.90 Å². The standard InChI is InChI=1S/C19H20FN3O3S/c1-2-26-19(25)23-9-8-14-15(11-23)27-18(17(14)21)22-16(24)7-6-12-4-3-5-13(20)10-12/h3-7,10H,2,8-9,11,21H2,1H3,(H,22,24)/b7-6+. The first-order chi connectivity index (χ1) is 13.0. The number of nitrogen functional groups attached to an aromatic ring is 1. The van der Waals surface area contributed by atoms with E-state index in [4.69, 9.17) is 10.5 Å². The van der Waals surface area contributed by atoms with Gasteiger partial charge in [-0.3, -0.25) is 4.79 Å². The van der Waals surface area contributed by atoms with Crippen molar-refractivity contribution in [3.05, 3.63) is 52.2 Å². The van der Waals surface area contributed by atoms with Crippen LogP contribution in [-0.4, -0.2) is 30.1 Å². The molecule has 2 heterocycles. The predicted molar refractivity (Wildman–Crippen MR) is 104 cm³/mol. The van der Waals surface area contributed by atoms with Gasteiger partial charge in [0.05, 0.1) is 18.8 Å². The number of halogens is 1. The fourth-order valence-electron chi connectivity index (χ4n) is 2.83. The van der Waals surface area contributed by atoms with Gasteiger partial charge in [0.15, 0.2) is 0 Å². The molecule has 0 aliphatic carbocycles. The van der Waals surface area contributed by atoms with Crippen molar-refractivity contribution >= 4 is 40.1 Å². The summed E-state index contributed by atoms with van der Waals surface area (Å²) in [6.07, 6.45) is 3.13. The van der Waals surface area contributed by atoms with Crippen LogP contribution in [0.3, 0.4) is 0 Å². The van der Waals surface area contributed by atoms with E-state index in [2.05, 4.69) is 5.32 Å². The van der Waals surface area contributed by atoms with E-state index in [-0.39, 0.29) is 17.8 Å². The van der Waals surface area contributed by atoms with E-state index in [1.807, 2.05) is 0 Å². The smallest absolute Gasteiger partial charge is 0.410 e. The molecule has 3 rings (SSSR count). The van der Waals surface area contributed by atoms with Gasteiger partial charge in [-0.05, 0) is 42.7 Å². The highest BCUT2D eigenvalue weighted by molar-refractivity contribution is 7.17. The summed E-state index contributed by atoms with van der Waals surface area (Å²) < 4.78 is 18.2. The molecule has 142 valence electrons. The third-order valence-corrected chi connectivity index (χ3v) is 5.28. The topological polar surface area (TPSA) is 84.7 Å². The zero-order valence-electron chi connectivity index (χ0n) is 14.8. The molecule has 2 aromatic rings. The molecule has 0 radical (unpaired) electrons. The minimum atomic E-state index is -0.362. The molecule has 0 unspecified atom stereocenters. The number of nitrogens with zero attached hydrogens (tertiary/aromatic N) is 1. The molecule has 1 aromatic carbocycles. The van der Waals surface area contributed by atoms with Gasteiger partial charge in [0, 0.05) is 17.5 Å². The number of amides is 2. The molecule has 0 fully saturated rings. The number of hydrogen-bond donors (Lipinski definition) is 2. The third kappa shape index (κ3) is 4.46. The Morgan fingerprint density at radius 3 is 3.00 bits per heavy atom. The molecular weight excluding hydrogens is 369 g/mol. The number of thiophene rings is 1. The second kappa shape index (κ2) is 8.22. The van der Waals surface area contributed by atoms with E-state index in [0.29, 0.717) is 42.4 Å². The molecule has 0 bridgehead atoms. The van der Waals surface area contributed by atoms with Crippen molar-refractivity contribution < 1.29 is 18.7 Å². The van der Waals surface area contributed by atoms with Crippen LogP contribution in [0.25, 0.3) is 6.08 Å². The maximum atomic E-state index is 13.2. The van der Waals surface area contributed by atoms with Gasteiger partial charge in [0.1, 0.15) is 10.8 Å². The maximum Gasteiger partial charge on any atom is 0.410 e. The molecule has 6 nitrogen and oxygen atoms in total. The van der Waals surface area contributed by atoms with Crippen LogP contribution >= 0.6 is 11.3 Å². The summed E-state index contributed by atoms with van der Waals surface area (Å²) in [6.45, 7) is 3.03. The van der Waals surface area contributed by atoms with Crippen LogP contribution in [0.5, 0.6) is 0 Å². The Bertz CT molecular complexity index is 894. The Kier molecular flexibility index (Phi) is 5.75. The number of benzene rings is 1. The summed E-state index contributed by atoms with van der Waals surface area (Å²) in [4.78, 5) is 26.6. The minimum Gasteiger partial charge on any atom is -0.450 e. The van der Waals surface area contributed by atoms with Crippen molar-refractivity contribution in [2.45, 2.75) is 19.9 Å². The van der Waals surface area contributed by atoms with Crippen molar-refractivity contribution in [2.75, 3.05) is 24.2 Å². The van der Waals surface area contributed by atoms with Crippen LogP contribution in [0.15, 0.2) is 30.3 Å². The second-order valence-corrected chi connectivity index (χ2v) is 7.10. The summed E-state index contributed by atoms with van der Waals surface area (Å²) in [7, 11) is 0. The second-order valence-electron chi connectivity index (χ2n) is 5.99. The SMILES string of the molecule is CCOC(=O)N1CCc2c(sc(NC(=O)/C=C/c3cccc(F)c3)c2N)C1. The highest BCUT2D eigenvalue weighted by Gasteiger charge is 2.26. The number of nitrogens with two attached hydrogens (primary N) is 1. The number of hydrogen-bond acceptors (Lipinski definition) is 5. The van der Waals surface area contributed by atoms with E-state index in [9.17, 15) is 14.0 Å². The number of ether oxygens (including phenoxy) is 1. The number of fused-ring (bicyclic) bond motifs is 1. The number of rotatable bonds is 4. The van der Waals surface area contributed by atoms with Gasteiger partial charge < -0.3 is 20.7 Å². The van der Waals surface area contributed by atoms with Gasteiger partial charge in [0.25, 0.3) is 0 Å². The number of nitrogens with one attached hydrogen (secondary N) is 1. The molecule has 3 N–H and O–H groups in total. The molecule has 2 amide bonds. The van der Waals surface area contributed by atoms with Gasteiger partial charge in [0.2, 0.25) is 5.91 Å². The molecule has 27 heavy (non-hydrogen) atoms. The lowest BCUT2D eigenvalue weighted by molar-refractivity contribution is -0.111. The van der Waals surface area contributed by atoms with Crippen molar-refractivity contribution in [1.29, 1.82) is 0 Å². The normalized spacial score (nSPS) is 13.5. The lowest BCUT2D eigenvalue weighted by Crippen LogP contribution is -2.35. The minimum absolute atomic E-state index is 0.327. The molecule has 1 aliphatic heterocycles. The Morgan fingerprint density at radius 1 is 1.44 bits per heavy atom. The van der Waals surface area contributed by atoms with Crippen molar-refractivity contribution in [3.8, 4) is 0 Å². The van der Waals surface area contributed by atoms with E-state index < -0.39 is 0 Å². The van der Waals surface area contributed by atoms with Gasteiger partial charge in [-0.2, -0.15) is 0 Å². The number of anilines is 2.